The fraction of sp³-hybridized carbons (Fsp3) is 0. The van der Waals surface area contributed by atoms with E-state index in [0.29, 0.717) is 0 Å². The molecule has 4 heavy (non-hydrogen) atoms. The molecule has 0 heterocycles. The molecule has 0 rings (SSSR count). The largest absolute Gasteiger partial charge is 0 e. The van der Waals surface area contributed by atoms with Gasteiger partial charge in [0.25, 0.3) is 0 Å². The first-order valence-corrected chi connectivity index (χ1v) is 3.32. The van der Waals surface area contributed by atoms with Gasteiger partial charge in [-0.05, 0) is 0 Å². The first-order valence-electron chi connectivity index (χ1n) is 0.378. The Balaban J connectivity index is 0. The SMILES string of the molecule is [F][Pb][F].[Sn]. The molecular formula is F2PbSn. The normalized spacial score (nSPS) is 4.50. The summed E-state index contributed by atoms with van der Waals surface area (Å²) in [4.78, 5) is 0. The van der Waals surface area contributed by atoms with Gasteiger partial charge in [0.1, 0.15) is 0 Å². The first kappa shape index (κ1) is 9.13. The summed E-state index contributed by atoms with van der Waals surface area (Å²) in [6.07, 6.45) is 0. The van der Waals surface area contributed by atoms with Gasteiger partial charge in [-0.15, -0.1) is 0 Å². The molecule has 0 fully saturated rings. The fourth-order valence-corrected chi connectivity index (χ4v) is 0. The molecule has 0 atom stereocenters. The third kappa shape index (κ3) is 9.54. The number of rotatable bonds is 0. The van der Waals surface area contributed by atoms with Crippen LogP contribution in [0.3, 0.4) is 0 Å². The van der Waals surface area contributed by atoms with E-state index in [4.69, 9.17) is 0 Å². The molecule has 0 aromatic carbocycles. The third-order valence-corrected chi connectivity index (χ3v) is 0. The fourth-order valence-electron chi connectivity index (χ4n) is 0. The summed E-state index contributed by atoms with van der Waals surface area (Å²) < 4.78 is 19.6. The van der Waals surface area contributed by atoms with Crippen molar-refractivity contribution in [2.75, 3.05) is 0 Å². The zero-order valence-corrected chi connectivity index (χ0v) is 8.50. The Hall–Kier alpha value is 1.58. The second kappa shape index (κ2) is 8.82. The van der Waals surface area contributed by atoms with Gasteiger partial charge in [-0.25, -0.2) is 0 Å². The van der Waals surface area contributed by atoms with Crippen molar-refractivity contribution in [3.05, 3.63) is 0 Å². The maximum absolute atomic E-state index is 9.82. The van der Waals surface area contributed by atoms with Crippen molar-refractivity contribution in [3.8, 4) is 0 Å². The van der Waals surface area contributed by atoms with Crippen LogP contribution in [0.2, 0.25) is 0 Å². The van der Waals surface area contributed by atoms with E-state index in [1.54, 1.807) is 0 Å². The van der Waals surface area contributed by atoms with E-state index in [1.807, 2.05) is 0 Å². The molecule has 0 aliphatic carbocycles. The quantitative estimate of drug-likeness (QED) is 0.535. The molecule has 0 unspecified atom stereocenters. The van der Waals surface area contributed by atoms with Gasteiger partial charge in [-0.1, -0.05) is 0 Å². The maximum Gasteiger partial charge on any atom is 0 e. The first-order chi connectivity index (χ1) is 1.41. The molecule has 4 heteroatoms. The van der Waals surface area contributed by atoms with E-state index in [-0.39, 0.29) is 23.9 Å². The molecule has 0 aromatic heterocycles. The smallest absolute Gasteiger partial charge is 0 e. The van der Waals surface area contributed by atoms with Crippen molar-refractivity contribution in [3.63, 3.8) is 0 Å². The monoisotopic (exact) mass is 366 g/mol. The molecule has 22 valence electrons. The van der Waals surface area contributed by atoms with Crippen molar-refractivity contribution in [2.45, 2.75) is 0 Å². The second-order valence-electron chi connectivity index (χ2n) is 0.0714. The van der Waals surface area contributed by atoms with Gasteiger partial charge in [-0.2, -0.15) is 0 Å². The molecule has 0 amide bonds. The zero-order chi connectivity index (χ0) is 2.71. The van der Waals surface area contributed by atoms with Gasteiger partial charge in [0, 0.05) is 23.9 Å². The van der Waals surface area contributed by atoms with E-state index in [2.05, 4.69) is 0 Å². The van der Waals surface area contributed by atoms with E-state index >= 15 is 0 Å². The van der Waals surface area contributed by atoms with Gasteiger partial charge >= 0.3 is 30.5 Å². The summed E-state index contributed by atoms with van der Waals surface area (Å²) in [5.74, 6) is 0. The molecular weight excluding hydrogens is 364 g/mol. The van der Waals surface area contributed by atoms with E-state index < -0.39 is 25.5 Å². The van der Waals surface area contributed by atoms with Crippen molar-refractivity contribution in [1.29, 1.82) is 0 Å². The Bertz CT molecular complexity index is 6.00. The van der Waals surface area contributed by atoms with Crippen LogP contribution >= 0.6 is 0 Å². The van der Waals surface area contributed by atoms with Crippen LogP contribution in [-0.4, -0.2) is 49.4 Å². The molecule has 0 saturated carbocycles. The van der Waals surface area contributed by atoms with Crippen molar-refractivity contribution >= 4 is 49.4 Å². The Morgan fingerprint density at radius 1 is 1.25 bits per heavy atom. The predicted octanol–water partition coefficient (Wildman–Crippen LogP) is 0.0788. The van der Waals surface area contributed by atoms with Crippen LogP contribution in [0.1, 0.15) is 0 Å². The molecule has 0 spiro atoms. The maximum atomic E-state index is 9.82. The molecule has 6 radical (unpaired) electrons. The van der Waals surface area contributed by atoms with Crippen LogP contribution in [0.4, 0.5) is 5.02 Å². The molecule has 0 saturated heterocycles. The van der Waals surface area contributed by atoms with Gasteiger partial charge in [0.15, 0.2) is 0 Å². The number of hydrogen-bond acceptors (Lipinski definition) is 0. The van der Waals surface area contributed by atoms with Crippen molar-refractivity contribution < 1.29 is 5.02 Å². The summed E-state index contributed by atoms with van der Waals surface area (Å²) in [5, 5.41) is 0. The molecule has 0 aliphatic heterocycles. The molecule has 0 aliphatic rings. The standard InChI is InChI=1S/2FH.Pb.Sn/h2*1H;;/q;;+2;/p-2. The zero-order valence-electron chi connectivity index (χ0n) is 1.76. The second-order valence-corrected chi connectivity index (χ2v) is 0.627. The number of halogens is 2. The van der Waals surface area contributed by atoms with Gasteiger partial charge in [0.05, 0.1) is 0 Å². The van der Waals surface area contributed by atoms with Crippen LogP contribution in [0.25, 0.3) is 0 Å². The van der Waals surface area contributed by atoms with Crippen molar-refractivity contribution in [1.82, 2.24) is 0 Å². The summed E-state index contributed by atoms with van der Waals surface area (Å²) in [6, 6.07) is 0. The Morgan fingerprint density at radius 2 is 1.25 bits per heavy atom. The number of hydrogen-bond donors (Lipinski definition) is 0. The average Bonchev–Trinajstić information content (AvgIpc) is 0.918. The summed E-state index contributed by atoms with van der Waals surface area (Å²) in [7, 11) is 0. The van der Waals surface area contributed by atoms with Crippen LogP contribution in [0.15, 0.2) is 0 Å². The topological polar surface area (TPSA) is 0 Å². The third-order valence-electron chi connectivity index (χ3n) is 0. The molecule has 0 nitrogen and oxygen atoms in total. The Kier molecular flexibility index (Phi) is 20.1. The minimum absolute atomic E-state index is 0. The Morgan fingerprint density at radius 3 is 1.25 bits per heavy atom. The minimum atomic E-state index is -2.92. The summed E-state index contributed by atoms with van der Waals surface area (Å²) in [5.41, 5.74) is 0. The Labute approximate surface area is 54.0 Å². The van der Waals surface area contributed by atoms with Crippen LogP contribution in [-0.2, 0) is 0 Å². The molecule has 0 bridgehead atoms. The van der Waals surface area contributed by atoms with Crippen LogP contribution in [0.5, 0.6) is 0 Å². The average molecular weight is 364 g/mol. The minimum Gasteiger partial charge on any atom is 0 e. The van der Waals surface area contributed by atoms with Gasteiger partial charge < -0.3 is 0 Å². The van der Waals surface area contributed by atoms with Gasteiger partial charge in [-0.3, -0.25) is 0 Å². The van der Waals surface area contributed by atoms with E-state index in [9.17, 15) is 5.02 Å². The van der Waals surface area contributed by atoms with Crippen molar-refractivity contribution in [2.24, 2.45) is 0 Å². The summed E-state index contributed by atoms with van der Waals surface area (Å²) >= 11 is -2.92. The molecule has 0 N–H and O–H groups in total. The summed E-state index contributed by atoms with van der Waals surface area (Å²) in [6.45, 7) is 0. The van der Waals surface area contributed by atoms with E-state index in [1.165, 1.54) is 0 Å². The molecule has 0 aromatic rings. The van der Waals surface area contributed by atoms with Crippen LogP contribution in [0, 0.1) is 0 Å². The van der Waals surface area contributed by atoms with Gasteiger partial charge in [0.2, 0.25) is 0 Å². The van der Waals surface area contributed by atoms with E-state index in [0.717, 1.165) is 0 Å². The predicted molar refractivity (Wildman–Crippen MR) is 13.7 cm³/mol. The van der Waals surface area contributed by atoms with Crippen LogP contribution < -0.4 is 0 Å².